The molecule has 0 unspecified atom stereocenters. The van der Waals surface area contributed by atoms with Crippen LogP contribution in [0.4, 0.5) is 21.5 Å². The highest BCUT2D eigenvalue weighted by molar-refractivity contribution is 9.10. The molecule has 5 heterocycles. The number of rotatable bonds is 11. The Morgan fingerprint density at radius 3 is 2.73 bits per heavy atom. The van der Waals surface area contributed by atoms with Crippen LogP contribution < -0.4 is 19.7 Å². The number of hydrogen-bond acceptors (Lipinski definition) is 12. The van der Waals surface area contributed by atoms with Crippen molar-refractivity contribution in [1.82, 2.24) is 19.6 Å². The number of aromatic nitrogens is 2. The highest BCUT2D eigenvalue weighted by Gasteiger charge is 2.41. The minimum atomic E-state index is -4.59. The molecule has 9 rings (SSSR count). The number of carbonyl (C=O) groups is 1. The summed E-state index contributed by atoms with van der Waals surface area (Å²) in [5.74, 6) is -0.566. The molecular formula is C42H43BrFN7O8S. The van der Waals surface area contributed by atoms with Crippen molar-refractivity contribution in [2.45, 2.75) is 49.3 Å². The zero-order valence-electron chi connectivity index (χ0n) is 32.4. The molecule has 18 heteroatoms. The number of nitro benzene ring substituents is 1. The number of anilines is 2. The predicted molar refractivity (Wildman–Crippen MR) is 224 cm³/mol. The van der Waals surface area contributed by atoms with Crippen LogP contribution in [0.1, 0.15) is 53.2 Å². The number of piperazine rings is 1. The van der Waals surface area contributed by atoms with Crippen molar-refractivity contribution in [2.24, 2.45) is 11.8 Å². The number of H-pyrrole nitrogens is 1. The summed E-state index contributed by atoms with van der Waals surface area (Å²) in [6.07, 6.45) is 7.74. The summed E-state index contributed by atoms with van der Waals surface area (Å²) in [4.78, 5) is 37.0. The molecule has 4 atom stereocenters. The molecule has 0 bridgehead atoms. The van der Waals surface area contributed by atoms with E-state index >= 15 is 0 Å². The zero-order chi connectivity index (χ0) is 41.5. The van der Waals surface area contributed by atoms with Crippen LogP contribution in [0.15, 0.2) is 82.4 Å². The normalized spacial score (nSPS) is 21.9. The van der Waals surface area contributed by atoms with Gasteiger partial charge in [-0.2, -0.15) is 0 Å². The third-order valence-corrected chi connectivity index (χ3v) is 14.1. The van der Waals surface area contributed by atoms with Gasteiger partial charge in [0.2, 0.25) is 0 Å². The molecule has 3 saturated heterocycles. The Kier molecular flexibility index (Phi) is 11.2. The lowest BCUT2D eigenvalue weighted by Gasteiger charge is -2.40. The lowest BCUT2D eigenvalue weighted by molar-refractivity contribution is -0.384. The van der Waals surface area contributed by atoms with Crippen molar-refractivity contribution in [3.8, 4) is 11.5 Å². The van der Waals surface area contributed by atoms with Crippen LogP contribution in [-0.4, -0.2) is 86.3 Å². The molecule has 3 N–H and O–H groups in total. The maximum absolute atomic E-state index is 14.6. The number of nitro groups is 1. The van der Waals surface area contributed by atoms with E-state index in [0.29, 0.717) is 57.3 Å². The quantitative estimate of drug-likeness (QED) is 0.0685. The van der Waals surface area contributed by atoms with Crippen LogP contribution in [0.3, 0.4) is 0 Å². The number of sulfonamides is 1. The Morgan fingerprint density at radius 2 is 1.90 bits per heavy atom. The predicted octanol–water partition coefficient (Wildman–Crippen LogP) is 7.29. The van der Waals surface area contributed by atoms with Crippen LogP contribution in [0, 0.1) is 27.8 Å². The molecule has 3 fully saturated rings. The summed E-state index contributed by atoms with van der Waals surface area (Å²) >= 11 is 3.60. The van der Waals surface area contributed by atoms with Crippen molar-refractivity contribution in [1.29, 1.82) is 0 Å². The number of halogens is 2. The zero-order valence-corrected chi connectivity index (χ0v) is 34.8. The van der Waals surface area contributed by atoms with Crippen LogP contribution >= 0.6 is 15.9 Å². The molecule has 4 aliphatic rings. The van der Waals surface area contributed by atoms with Gasteiger partial charge >= 0.3 is 0 Å². The summed E-state index contributed by atoms with van der Waals surface area (Å²) in [5.41, 5.74) is 3.23. The smallest absolute Gasteiger partial charge is 0.293 e. The maximum Gasteiger partial charge on any atom is 0.293 e. The van der Waals surface area contributed by atoms with E-state index in [9.17, 15) is 27.7 Å². The highest BCUT2D eigenvalue weighted by atomic mass is 79.9. The molecule has 3 aliphatic heterocycles. The summed E-state index contributed by atoms with van der Waals surface area (Å²) < 4.78 is 62.5. The minimum absolute atomic E-state index is 0.0708. The average molecular weight is 905 g/mol. The number of nitrogens with one attached hydrogen (secondary N) is 3. The van der Waals surface area contributed by atoms with E-state index in [1.807, 2.05) is 6.07 Å². The monoisotopic (exact) mass is 903 g/mol. The summed E-state index contributed by atoms with van der Waals surface area (Å²) in [6.45, 7) is 4.15. The first-order chi connectivity index (χ1) is 29.0. The van der Waals surface area contributed by atoms with E-state index < -0.39 is 31.4 Å². The van der Waals surface area contributed by atoms with Gasteiger partial charge in [-0.3, -0.25) is 19.8 Å². The number of hydrogen-bond donors (Lipinski definition) is 3. The fraction of sp³-hybridized carbons (Fsp3) is 0.381. The van der Waals surface area contributed by atoms with Gasteiger partial charge in [0, 0.05) is 84.5 Å². The van der Waals surface area contributed by atoms with Gasteiger partial charge in [0.25, 0.3) is 21.6 Å². The van der Waals surface area contributed by atoms with Gasteiger partial charge in [-0.25, -0.2) is 22.5 Å². The van der Waals surface area contributed by atoms with Gasteiger partial charge in [0.05, 0.1) is 34.8 Å². The Morgan fingerprint density at radius 1 is 1.05 bits per heavy atom. The van der Waals surface area contributed by atoms with Crippen LogP contribution in [0.5, 0.6) is 11.5 Å². The van der Waals surface area contributed by atoms with Crippen molar-refractivity contribution < 1.29 is 36.7 Å². The molecule has 0 radical (unpaired) electrons. The first-order valence-corrected chi connectivity index (χ1v) is 22.3. The summed E-state index contributed by atoms with van der Waals surface area (Å²) in [6, 6.07) is 15.3. The van der Waals surface area contributed by atoms with E-state index in [1.54, 1.807) is 36.5 Å². The van der Waals surface area contributed by atoms with Gasteiger partial charge in [-0.05, 0) is 85.3 Å². The number of carbonyl (C=O) groups excluding carboxylic acids is 1. The Balaban J connectivity index is 0.942. The Hall–Kier alpha value is -5.14. The summed E-state index contributed by atoms with van der Waals surface area (Å²) in [5, 5.41) is 16.0. The molecule has 5 aromatic rings. The number of nitrogens with zero attached hydrogens (tertiary/aromatic N) is 4. The molecule has 60 heavy (non-hydrogen) atoms. The number of pyridine rings is 1. The Bertz CT molecular complexity index is 2570. The van der Waals surface area contributed by atoms with Gasteiger partial charge in [-0.1, -0.05) is 22.4 Å². The number of amides is 1. The molecule has 15 nitrogen and oxygen atoms in total. The van der Waals surface area contributed by atoms with Crippen LogP contribution in [-0.2, 0) is 25.9 Å². The van der Waals surface area contributed by atoms with Crippen molar-refractivity contribution in [3.63, 3.8) is 0 Å². The van der Waals surface area contributed by atoms with E-state index in [2.05, 4.69) is 45.7 Å². The number of aromatic amines is 1. The van der Waals surface area contributed by atoms with Crippen molar-refractivity contribution in [2.75, 3.05) is 56.2 Å². The van der Waals surface area contributed by atoms with E-state index in [0.717, 1.165) is 59.3 Å². The molecule has 1 aliphatic carbocycles. The lowest BCUT2D eigenvalue weighted by Crippen LogP contribution is -2.47. The third-order valence-electron chi connectivity index (χ3n) is 12.1. The topological polar surface area (TPSA) is 181 Å². The summed E-state index contributed by atoms with van der Waals surface area (Å²) in [7, 11) is -4.59. The second kappa shape index (κ2) is 16.7. The molecule has 0 saturated carbocycles. The van der Waals surface area contributed by atoms with Gasteiger partial charge in [0.1, 0.15) is 28.7 Å². The fourth-order valence-electron chi connectivity index (χ4n) is 8.95. The third kappa shape index (κ3) is 8.18. The number of fused-ring (bicyclic) bond motifs is 3. The second-order valence-electron chi connectivity index (χ2n) is 15.6. The van der Waals surface area contributed by atoms with E-state index in [1.165, 1.54) is 30.0 Å². The number of ether oxygens (including phenoxy) is 3. The lowest BCUT2D eigenvalue weighted by atomic mass is 9.93. The minimum Gasteiger partial charge on any atom is -0.455 e. The highest BCUT2D eigenvalue weighted by Crippen LogP contribution is 2.40. The number of benzene rings is 3. The first kappa shape index (κ1) is 40.3. The molecule has 0 spiro atoms. The fourth-order valence-corrected chi connectivity index (χ4v) is 10.6. The molecule has 3 aromatic carbocycles. The SMILES string of the molecule is O=C(NS(=O)(=O)c1ccc(NC[C@@H]2CO[C@@H]3OCC[C@H]23)c([N+](=O)[O-])c1)c1ccc(N2CCN([C@@H]3CCCCc4c(Br)cc(F)cc43)CC2)cc1Oc1cnc2[nH]ccc2c1. The van der Waals surface area contributed by atoms with Crippen molar-refractivity contribution >= 4 is 60.0 Å². The van der Waals surface area contributed by atoms with Gasteiger partial charge in [0.15, 0.2) is 6.29 Å². The maximum atomic E-state index is 14.6. The molecule has 1 amide bonds. The molecular weight excluding hydrogens is 861 g/mol. The van der Waals surface area contributed by atoms with E-state index in [-0.39, 0.29) is 47.0 Å². The first-order valence-electron chi connectivity index (χ1n) is 20.1. The molecule has 314 valence electrons. The van der Waals surface area contributed by atoms with Crippen LogP contribution in [0.25, 0.3) is 11.0 Å². The second-order valence-corrected chi connectivity index (χ2v) is 18.2. The molecule has 2 aromatic heterocycles. The van der Waals surface area contributed by atoms with Crippen LogP contribution in [0.2, 0.25) is 0 Å². The van der Waals surface area contributed by atoms with Crippen molar-refractivity contribution in [3.05, 3.63) is 110 Å². The standard InChI is InChI=1S/C42H43BrFN7O8S/c43-35-19-27(44)18-34-32(35)3-1-2-4-37(34)50-14-12-49(13-15-50)28-5-7-33(39(20-28)59-29-17-25-9-11-45-40(25)47-23-29)41(52)48-60(55,56)30-6-8-36(38(21-30)51(53)54)46-22-26-24-58-42-31(26)10-16-57-42/h5-9,11,17-21,23,26,31,37,42,46H,1-4,10,12-16,22,24H2,(H,45,47)(H,48,52)/t26-,31-,37-,42+/m1/s1. The largest absolute Gasteiger partial charge is 0.455 e. The van der Waals surface area contributed by atoms with Gasteiger partial charge < -0.3 is 29.4 Å². The van der Waals surface area contributed by atoms with E-state index in [4.69, 9.17) is 14.2 Å². The van der Waals surface area contributed by atoms with Gasteiger partial charge in [-0.15, -0.1) is 0 Å². The Labute approximate surface area is 353 Å². The average Bonchev–Trinajstić information content (AvgIpc) is 3.96.